The molecule has 1 fully saturated rings. The van der Waals surface area contributed by atoms with Crippen molar-refractivity contribution in [3.05, 3.63) is 53.7 Å². The van der Waals surface area contributed by atoms with Gasteiger partial charge in [0.25, 0.3) is 0 Å². The molecule has 2 aromatic carbocycles. The van der Waals surface area contributed by atoms with Crippen LogP contribution in [0.3, 0.4) is 0 Å². The molecule has 1 amide bonds. The first-order chi connectivity index (χ1) is 14.0. The second kappa shape index (κ2) is 7.47. The van der Waals surface area contributed by atoms with Crippen LogP contribution in [0.2, 0.25) is 0 Å². The van der Waals surface area contributed by atoms with Crippen molar-refractivity contribution >= 4 is 28.2 Å². The second-order valence-corrected chi connectivity index (χ2v) is 7.82. The average Bonchev–Trinajstić information content (AvgIpc) is 3.43. The minimum absolute atomic E-state index is 0.0694. The molecule has 0 spiro atoms. The maximum Gasteiger partial charge on any atom is 0.235 e. The van der Waals surface area contributed by atoms with Crippen LogP contribution in [0.1, 0.15) is 37.8 Å². The summed E-state index contributed by atoms with van der Waals surface area (Å²) < 4.78 is 5.38. The summed E-state index contributed by atoms with van der Waals surface area (Å²) in [7, 11) is 1.66. The summed E-state index contributed by atoms with van der Waals surface area (Å²) in [5.74, 6) is 0.873. The molecule has 5 nitrogen and oxygen atoms in total. The summed E-state index contributed by atoms with van der Waals surface area (Å²) in [6.07, 6.45) is 3.70. The van der Waals surface area contributed by atoms with E-state index >= 15 is 0 Å². The molecule has 5 heteroatoms. The van der Waals surface area contributed by atoms with Crippen molar-refractivity contribution in [1.29, 1.82) is 0 Å². The smallest absolute Gasteiger partial charge is 0.235 e. The summed E-state index contributed by atoms with van der Waals surface area (Å²) in [5.41, 5.74) is 4.78. The molecule has 1 aromatic heterocycles. The lowest BCUT2D eigenvalue weighted by atomic mass is 9.94. The zero-order valence-electron chi connectivity index (χ0n) is 17.6. The number of aromatic amines is 1. The van der Waals surface area contributed by atoms with Crippen LogP contribution in [0, 0.1) is 6.92 Å². The van der Waals surface area contributed by atoms with E-state index in [1.54, 1.807) is 7.11 Å². The number of ether oxygens (including phenoxy) is 1. The zero-order valence-corrected chi connectivity index (χ0v) is 17.6. The fourth-order valence-electron chi connectivity index (χ4n) is 4.18. The fourth-order valence-corrected chi connectivity index (χ4v) is 4.18. The number of rotatable bonds is 7. The Labute approximate surface area is 172 Å². The number of anilines is 2. The lowest BCUT2D eigenvalue weighted by Crippen LogP contribution is -2.28. The van der Waals surface area contributed by atoms with Gasteiger partial charge in [0.15, 0.2) is 0 Å². The zero-order chi connectivity index (χ0) is 20.6. The molecule has 4 rings (SSSR count). The van der Waals surface area contributed by atoms with Gasteiger partial charge in [0, 0.05) is 41.6 Å². The number of hydrogen-bond donors (Lipinski definition) is 2. The van der Waals surface area contributed by atoms with Crippen LogP contribution in [-0.4, -0.2) is 31.1 Å². The molecule has 0 atom stereocenters. The number of nitrogens with zero attached hydrogens (tertiary/aromatic N) is 1. The van der Waals surface area contributed by atoms with Crippen LogP contribution in [-0.2, 0) is 10.2 Å². The lowest BCUT2D eigenvalue weighted by molar-refractivity contribution is -0.118. The summed E-state index contributed by atoms with van der Waals surface area (Å²) in [6.45, 7) is 8.30. The Morgan fingerprint density at radius 1 is 1.17 bits per heavy atom. The summed E-state index contributed by atoms with van der Waals surface area (Å²) >= 11 is 0. The summed E-state index contributed by atoms with van der Waals surface area (Å²) in [5, 5.41) is 4.25. The van der Waals surface area contributed by atoms with Crippen molar-refractivity contribution in [2.75, 3.05) is 30.4 Å². The highest BCUT2D eigenvalue weighted by Crippen LogP contribution is 2.51. The van der Waals surface area contributed by atoms with Gasteiger partial charge in [-0.1, -0.05) is 0 Å². The van der Waals surface area contributed by atoms with Gasteiger partial charge in [-0.3, -0.25) is 4.79 Å². The molecule has 0 radical (unpaired) electrons. The van der Waals surface area contributed by atoms with Gasteiger partial charge in [0.2, 0.25) is 5.91 Å². The van der Waals surface area contributed by atoms with Crippen LogP contribution >= 0.6 is 0 Å². The third kappa shape index (κ3) is 3.35. The van der Waals surface area contributed by atoms with Gasteiger partial charge in [-0.25, -0.2) is 0 Å². The maximum atomic E-state index is 13.3. The molecular weight excluding hydrogens is 362 g/mol. The highest BCUT2D eigenvalue weighted by Gasteiger charge is 2.52. The molecule has 152 valence electrons. The first-order valence-electron chi connectivity index (χ1n) is 10.3. The molecule has 1 saturated carbocycles. The van der Waals surface area contributed by atoms with Crippen LogP contribution in [0.4, 0.5) is 11.4 Å². The fraction of sp³-hybridized carbons (Fsp3) is 0.375. The average molecular weight is 392 g/mol. The van der Waals surface area contributed by atoms with Gasteiger partial charge >= 0.3 is 0 Å². The number of H-pyrrole nitrogens is 1. The SMILES string of the molecule is CCN(CC)c1ccc(NC(=O)C2(c3c[nH]c4ccc(OC)cc34)CC2)c(C)c1. The van der Waals surface area contributed by atoms with E-state index in [0.717, 1.165) is 59.4 Å². The Morgan fingerprint density at radius 2 is 1.93 bits per heavy atom. The quantitative estimate of drug-likeness (QED) is 0.596. The minimum Gasteiger partial charge on any atom is -0.497 e. The number of nitrogens with one attached hydrogen (secondary N) is 2. The molecular formula is C24H29N3O2. The van der Waals surface area contributed by atoms with Crippen LogP contribution < -0.4 is 15.0 Å². The molecule has 2 N–H and O–H groups in total. The van der Waals surface area contributed by atoms with Gasteiger partial charge in [-0.2, -0.15) is 0 Å². The topological polar surface area (TPSA) is 57.4 Å². The minimum atomic E-state index is -0.464. The molecule has 29 heavy (non-hydrogen) atoms. The number of benzene rings is 2. The normalized spacial score (nSPS) is 14.6. The Balaban J connectivity index is 1.61. The van der Waals surface area contributed by atoms with Crippen LogP contribution in [0.15, 0.2) is 42.6 Å². The summed E-state index contributed by atoms with van der Waals surface area (Å²) in [6, 6.07) is 12.2. The van der Waals surface area contributed by atoms with Crippen molar-refractivity contribution in [2.45, 2.75) is 39.0 Å². The molecule has 1 aliphatic carbocycles. The molecule has 1 aliphatic rings. The Bertz CT molecular complexity index is 1050. The van der Waals surface area contributed by atoms with Crippen molar-refractivity contribution in [1.82, 2.24) is 4.98 Å². The number of fused-ring (bicyclic) bond motifs is 1. The van der Waals surface area contributed by atoms with E-state index < -0.39 is 5.41 Å². The highest BCUT2D eigenvalue weighted by molar-refractivity contribution is 6.05. The number of aryl methyl sites for hydroxylation is 1. The molecule has 0 aliphatic heterocycles. The summed E-state index contributed by atoms with van der Waals surface area (Å²) in [4.78, 5) is 18.9. The maximum absolute atomic E-state index is 13.3. The largest absolute Gasteiger partial charge is 0.497 e. The lowest BCUT2D eigenvalue weighted by Gasteiger charge is -2.23. The predicted molar refractivity (Wildman–Crippen MR) is 119 cm³/mol. The Morgan fingerprint density at radius 3 is 2.55 bits per heavy atom. The molecule has 3 aromatic rings. The van der Waals surface area contributed by atoms with Gasteiger partial charge in [-0.15, -0.1) is 0 Å². The number of aromatic nitrogens is 1. The van der Waals surface area contributed by atoms with Crippen LogP contribution in [0.5, 0.6) is 5.75 Å². The number of methoxy groups -OCH3 is 1. The Kier molecular flexibility index (Phi) is 4.99. The Hall–Kier alpha value is -2.95. The van der Waals surface area contributed by atoms with E-state index in [1.807, 2.05) is 30.5 Å². The third-order valence-electron chi connectivity index (χ3n) is 6.18. The van der Waals surface area contributed by atoms with E-state index in [-0.39, 0.29) is 5.91 Å². The molecule has 1 heterocycles. The number of carbonyl (C=O) groups excluding carboxylic acids is 1. The van der Waals surface area contributed by atoms with E-state index in [4.69, 9.17) is 4.74 Å². The highest BCUT2D eigenvalue weighted by atomic mass is 16.5. The van der Waals surface area contributed by atoms with Gasteiger partial charge < -0.3 is 19.9 Å². The number of carbonyl (C=O) groups is 1. The second-order valence-electron chi connectivity index (χ2n) is 7.82. The van der Waals surface area contributed by atoms with Crippen molar-refractivity contribution < 1.29 is 9.53 Å². The van der Waals surface area contributed by atoms with Crippen molar-refractivity contribution in [3.63, 3.8) is 0 Å². The van der Waals surface area contributed by atoms with E-state index in [1.165, 1.54) is 5.69 Å². The standard InChI is InChI=1S/C24H29N3O2/c1-5-27(6-2)17-7-9-21(16(3)13-17)26-23(28)24(11-12-24)20-15-25-22-10-8-18(29-4)14-19(20)22/h7-10,13-15,25H,5-6,11-12H2,1-4H3,(H,26,28). The monoisotopic (exact) mass is 391 g/mol. The van der Waals surface area contributed by atoms with E-state index in [2.05, 4.69) is 48.1 Å². The molecule has 0 bridgehead atoms. The van der Waals surface area contributed by atoms with Gasteiger partial charge in [0.1, 0.15) is 5.75 Å². The van der Waals surface area contributed by atoms with E-state index in [9.17, 15) is 4.79 Å². The first kappa shape index (κ1) is 19.4. The molecule has 0 saturated heterocycles. The van der Waals surface area contributed by atoms with Crippen molar-refractivity contribution in [2.24, 2.45) is 0 Å². The number of hydrogen-bond acceptors (Lipinski definition) is 3. The van der Waals surface area contributed by atoms with Gasteiger partial charge in [0.05, 0.1) is 12.5 Å². The van der Waals surface area contributed by atoms with Gasteiger partial charge in [-0.05, 0) is 81.1 Å². The third-order valence-corrected chi connectivity index (χ3v) is 6.18. The first-order valence-corrected chi connectivity index (χ1v) is 10.3. The predicted octanol–water partition coefficient (Wildman–Crippen LogP) is 5.00. The number of amides is 1. The molecule has 0 unspecified atom stereocenters. The van der Waals surface area contributed by atoms with Crippen molar-refractivity contribution in [3.8, 4) is 5.75 Å². The van der Waals surface area contributed by atoms with Crippen LogP contribution in [0.25, 0.3) is 10.9 Å². The van der Waals surface area contributed by atoms with E-state index in [0.29, 0.717) is 0 Å².